The van der Waals surface area contributed by atoms with Crippen molar-refractivity contribution in [3.63, 3.8) is 0 Å². The number of ether oxygens (including phenoxy) is 1. The van der Waals surface area contributed by atoms with E-state index in [1.165, 1.54) is 7.11 Å². The van der Waals surface area contributed by atoms with Crippen molar-refractivity contribution >= 4 is 33.9 Å². The lowest BCUT2D eigenvalue weighted by Gasteiger charge is -2.23. The summed E-state index contributed by atoms with van der Waals surface area (Å²) in [6.07, 6.45) is 1.70. The number of benzene rings is 2. The molecule has 0 spiro atoms. The molecule has 5 nitrogen and oxygen atoms in total. The van der Waals surface area contributed by atoms with Crippen molar-refractivity contribution in [3.8, 4) is 11.1 Å². The number of nitrogens with one attached hydrogen (secondary N) is 1. The molecule has 1 unspecified atom stereocenters. The fraction of sp³-hybridized carbons (Fsp3) is 0.0588. The zero-order chi connectivity index (χ0) is 16.0. The van der Waals surface area contributed by atoms with Gasteiger partial charge in [-0.1, -0.05) is 18.2 Å². The van der Waals surface area contributed by atoms with Crippen LogP contribution >= 0.6 is 0 Å². The highest BCUT2D eigenvalue weighted by molar-refractivity contribution is 7.93. The highest BCUT2D eigenvalue weighted by Crippen LogP contribution is 2.42. The average Bonchev–Trinajstić information content (AvgIpc) is 2.60. The molecule has 114 valence electrons. The highest BCUT2D eigenvalue weighted by Gasteiger charge is 2.29. The summed E-state index contributed by atoms with van der Waals surface area (Å²) < 4.78 is 20.3. The molecule has 1 atom stereocenters. The molecular weight excluding hydrogens is 312 g/mol. The van der Waals surface area contributed by atoms with Crippen LogP contribution in [-0.2, 0) is 16.1 Å². The second-order valence-corrected chi connectivity index (χ2v) is 6.32. The number of methoxy groups -OCH3 is 1. The van der Waals surface area contributed by atoms with Crippen molar-refractivity contribution < 1.29 is 14.1 Å². The second kappa shape index (κ2) is 5.26. The first-order valence-electron chi connectivity index (χ1n) is 6.98. The Bertz CT molecular complexity index is 942. The van der Waals surface area contributed by atoms with E-state index in [1.807, 2.05) is 24.3 Å². The van der Waals surface area contributed by atoms with E-state index in [-0.39, 0.29) is 0 Å². The molecule has 1 aliphatic rings. The highest BCUT2D eigenvalue weighted by atomic mass is 32.2. The third-order valence-electron chi connectivity index (χ3n) is 3.86. The number of nitrogens with zero attached hydrogens (tertiary/aromatic N) is 1. The average molecular weight is 324 g/mol. The number of fused-ring (bicyclic) bond motifs is 5. The van der Waals surface area contributed by atoms with Gasteiger partial charge in [-0.2, -0.15) is 0 Å². The molecule has 0 fully saturated rings. The molecule has 0 saturated carbocycles. The summed E-state index contributed by atoms with van der Waals surface area (Å²) in [6, 6.07) is 12.7. The number of esters is 1. The van der Waals surface area contributed by atoms with E-state index < -0.39 is 17.3 Å². The minimum Gasteiger partial charge on any atom is -0.588 e. The van der Waals surface area contributed by atoms with Crippen LogP contribution in [0.5, 0.6) is 0 Å². The van der Waals surface area contributed by atoms with Crippen molar-refractivity contribution in [2.24, 2.45) is 0 Å². The van der Waals surface area contributed by atoms with Crippen LogP contribution in [-0.4, -0.2) is 22.6 Å². The summed E-state index contributed by atoms with van der Waals surface area (Å²) in [5.74, 6) is -0.419. The monoisotopic (exact) mass is 324 g/mol. The molecule has 23 heavy (non-hydrogen) atoms. The SMILES string of the molecule is COC(=O)c1ccc2c(c1)-c1ccc3cccnc3c1N[S+]2[O-]. The van der Waals surface area contributed by atoms with E-state index >= 15 is 0 Å². The maximum absolute atomic E-state index is 12.5. The van der Waals surface area contributed by atoms with Crippen molar-refractivity contribution in [2.45, 2.75) is 4.90 Å². The summed E-state index contributed by atoms with van der Waals surface area (Å²) in [7, 11) is 1.34. The van der Waals surface area contributed by atoms with Crippen molar-refractivity contribution in [1.29, 1.82) is 0 Å². The van der Waals surface area contributed by atoms with Gasteiger partial charge in [-0.25, -0.2) is 9.52 Å². The van der Waals surface area contributed by atoms with Gasteiger partial charge in [-0.15, -0.1) is 0 Å². The molecule has 4 rings (SSSR count). The van der Waals surface area contributed by atoms with Crippen LogP contribution in [0, 0.1) is 0 Å². The van der Waals surface area contributed by atoms with Crippen LogP contribution in [0.2, 0.25) is 0 Å². The Morgan fingerprint density at radius 3 is 2.91 bits per heavy atom. The van der Waals surface area contributed by atoms with Crippen LogP contribution < -0.4 is 4.72 Å². The molecule has 0 bridgehead atoms. The van der Waals surface area contributed by atoms with Crippen molar-refractivity contribution in [3.05, 3.63) is 54.2 Å². The molecule has 6 heteroatoms. The lowest BCUT2D eigenvalue weighted by molar-refractivity contribution is 0.0600. The fourth-order valence-corrected chi connectivity index (χ4v) is 3.83. The van der Waals surface area contributed by atoms with Crippen molar-refractivity contribution in [1.82, 2.24) is 4.98 Å². The summed E-state index contributed by atoms with van der Waals surface area (Å²) in [4.78, 5) is 16.8. The third kappa shape index (κ3) is 2.15. The van der Waals surface area contributed by atoms with Gasteiger partial charge in [0.05, 0.1) is 18.2 Å². The Hall–Kier alpha value is -2.57. The minimum atomic E-state index is -1.40. The molecule has 0 radical (unpaired) electrons. The summed E-state index contributed by atoms with van der Waals surface area (Å²) in [6.45, 7) is 0. The maximum atomic E-state index is 12.5. The fourth-order valence-electron chi connectivity index (χ4n) is 2.77. The Balaban J connectivity index is 2.00. The molecule has 2 heterocycles. The minimum absolute atomic E-state index is 0.419. The predicted octanol–water partition coefficient (Wildman–Crippen LogP) is 3.14. The largest absolute Gasteiger partial charge is 0.588 e. The number of carbonyl (C=O) groups excluding carboxylic acids is 1. The quantitative estimate of drug-likeness (QED) is 0.550. The number of rotatable bonds is 1. The van der Waals surface area contributed by atoms with Gasteiger partial charge in [0.1, 0.15) is 17.0 Å². The number of hydrogen-bond donors (Lipinski definition) is 1. The summed E-state index contributed by atoms with van der Waals surface area (Å²) in [5.41, 5.74) is 3.53. The Labute approximate surface area is 135 Å². The van der Waals surface area contributed by atoms with Gasteiger partial charge < -0.3 is 9.29 Å². The number of anilines is 1. The van der Waals surface area contributed by atoms with Gasteiger partial charge in [-0.05, 0) is 24.3 Å². The first-order chi connectivity index (χ1) is 11.2. The second-order valence-electron chi connectivity index (χ2n) is 5.14. The topological polar surface area (TPSA) is 74.3 Å². The summed E-state index contributed by atoms with van der Waals surface area (Å²) in [5, 5.41) is 0.961. The van der Waals surface area contributed by atoms with Crippen LogP contribution in [0.1, 0.15) is 10.4 Å². The van der Waals surface area contributed by atoms with E-state index in [0.29, 0.717) is 10.5 Å². The van der Waals surface area contributed by atoms with Gasteiger partial charge in [0.2, 0.25) is 0 Å². The first kappa shape index (κ1) is 14.0. The van der Waals surface area contributed by atoms with E-state index in [1.54, 1.807) is 24.4 Å². The van der Waals surface area contributed by atoms with Crippen molar-refractivity contribution in [2.75, 3.05) is 11.8 Å². The van der Waals surface area contributed by atoms with Crippen LogP contribution in [0.4, 0.5) is 5.69 Å². The third-order valence-corrected chi connectivity index (χ3v) is 5.00. The molecule has 1 aromatic heterocycles. The lowest BCUT2D eigenvalue weighted by Crippen LogP contribution is -2.20. The number of aromatic nitrogens is 1. The predicted molar refractivity (Wildman–Crippen MR) is 88.5 cm³/mol. The molecule has 0 amide bonds. The van der Waals surface area contributed by atoms with E-state index in [9.17, 15) is 9.35 Å². The maximum Gasteiger partial charge on any atom is 0.337 e. The molecular formula is C17H12N2O3S. The van der Waals surface area contributed by atoms with Gasteiger partial charge in [0, 0.05) is 22.7 Å². The Morgan fingerprint density at radius 2 is 2.09 bits per heavy atom. The van der Waals surface area contributed by atoms with Crippen LogP contribution in [0.3, 0.4) is 0 Å². The van der Waals surface area contributed by atoms with E-state index in [0.717, 1.165) is 27.7 Å². The summed E-state index contributed by atoms with van der Waals surface area (Å²) >= 11 is -1.40. The normalized spacial score (nSPS) is 15.5. The molecule has 1 N–H and O–H groups in total. The molecule has 3 aromatic rings. The van der Waals surface area contributed by atoms with E-state index in [4.69, 9.17) is 4.74 Å². The Kier molecular flexibility index (Phi) is 3.21. The number of pyridine rings is 1. The lowest BCUT2D eigenvalue weighted by atomic mass is 9.99. The molecule has 0 aliphatic carbocycles. The molecule has 2 aromatic carbocycles. The molecule has 1 aliphatic heterocycles. The zero-order valence-corrected chi connectivity index (χ0v) is 13.0. The smallest absolute Gasteiger partial charge is 0.337 e. The van der Waals surface area contributed by atoms with Crippen LogP contribution in [0.25, 0.3) is 22.0 Å². The Morgan fingerprint density at radius 1 is 1.22 bits per heavy atom. The number of hydrogen-bond acceptors (Lipinski definition) is 5. The molecule has 0 saturated heterocycles. The standard InChI is InChI=1S/C17H12N2O3S/c1-22-17(20)11-5-7-14-13(9-11)12-6-4-10-3-2-8-18-15(10)16(12)19-23(14)21/h2-9,19H,1H3. The van der Waals surface area contributed by atoms with Gasteiger partial charge in [0.25, 0.3) is 0 Å². The van der Waals surface area contributed by atoms with Gasteiger partial charge in [0.15, 0.2) is 4.90 Å². The first-order valence-corrected chi connectivity index (χ1v) is 8.13. The van der Waals surface area contributed by atoms with E-state index in [2.05, 4.69) is 9.71 Å². The van der Waals surface area contributed by atoms with Gasteiger partial charge in [-0.3, -0.25) is 4.98 Å². The number of carbonyl (C=O) groups is 1. The zero-order valence-electron chi connectivity index (χ0n) is 12.2. The van der Waals surface area contributed by atoms with Crippen LogP contribution in [0.15, 0.2) is 53.6 Å². The van der Waals surface area contributed by atoms with Gasteiger partial charge >= 0.3 is 5.97 Å².